The highest BCUT2D eigenvalue weighted by Crippen LogP contribution is 2.40. The molecular weight excluding hydrogens is 424 g/mol. The molecule has 0 atom stereocenters. The number of ether oxygens (including phenoxy) is 2. The molecule has 0 fully saturated rings. The van der Waals surface area contributed by atoms with Gasteiger partial charge in [-0.3, -0.25) is 4.79 Å². The van der Waals surface area contributed by atoms with Gasteiger partial charge in [0.1, 0.15) is 5.88 Å². The van der Waals surface area contributed by atoms with E-state index in [1.165, 1.54) is 22.1 Å². The normalized spacial score (nSPS) is 14.1. The fraction of sp³-hybridized carbons (Fsp3) is 0.346. The maximum Gasteiger partial charge on any atom is 0.237 e. The highest BCUT2D eigenvalue weighted by atomic mass is 35.5. The zero-order valence-electron chi connectivity index (χ0n) is 19.0. The number of amides is 1. The van der Waals surface area contributed by atoms with Crippen LogP contribution in [0.4, 0.5) is 0 Å². The van der Waals surface area contributed by atoms with Crippen LogP contribution in [0.25, 0.3) is 27.7 Å². The van der Waals surface area contributed by atoms with Crippen LogP contribution in [-0.2, 0) is 4.79 Å². The third kappa shape index (κ3) is 4.09. The van der Waals surface area contributed by atoms with Crippen LogP contribution >= 0.6 is 11.6 Å². The Kier molecular flexibility index (Phi) is 6.47. The van der Waals surface area contributed by atoms with E-state index in [4.69, 9.17) is 21.1 Å². The van der Waals surface area contributed by atoms with E-state index in [-0.39, 0.29) is 11.8 Å². The first-order chi connectivity index (χ1) is 15.5. The molecule has 32 heavy (non-hydrogen) atoms. The molecule has 0 radical (unpaired) electrons. The Morgan fingerprint density at radius 3 is 2.47 bits per heavy atom. The van der Waals surface area contributed by atoms with Crippen molar-refractivity contribution in [1.29, 1.82) is 0 Å². The van der Waals surface area contributed by atoms with Crippen molar-refractivity contribution in [2.24, 2.45) is 0 Å². The smallest absolute Gasteiger partial charge is 0.237 e. The molecule has 0 aliphatic carbocycles. The third-order valence-electron chi connectivity index (χ3n) is 6.14. The minimum atomic E-state index is -0.00953. The molecule has 168 valence electrons. The van der Waals surface area contributed by atoms with E-state index >= 15 is 0 Å². The van der Waals surface area contributed by atoms with Gasteiger partial charge in [0.25, 0.3) is 0 Å². The van der Waals surface area contributed by atoms with Gasteiger partial charge in [-0.1, -0.05) is 26.0 Å². The first-order valence-electron chi connectivity index (χ1n) is 10.9. The van der Waals surface area contributed by atoms with Crippen molar-refractivity contribution in [3.8, 4) is 22.8 Å². The van der Waals surface area contributed by atoms with E-state index in [1.807, 2.05) is 12.1 Å². The molecule has 0 bridgehead atoms. The topological polar surface area (TPSA) is 54.6 Å². The highest BCUT2D eigenvalue weighted by molar-refractivity contribution is 6.27. The number of H-pyrrole nitrogens is 1. The molecule has 4 rings (SSSR count). The number of hydrogen-bond acceptors (Lipinski definition) is 3. The average molecular weight is 453 g/mol. The molecule has 0 saturated heterocycles. The quantitative estimate of drug-likeness (QED) is 0.479. The number of aromatic amines is 1. The Balaban J connectivity index is 1.76. The molecule has 2 aromatic carbocycles. The van der Waals surface area contributed by atoms with Gasteiger partial charge in [-0.25, -0.2) is 0 Å². The van der Waals surface area contributed by atoms with Crippen molar-refractivity contribution in [3.63, 3.8) is 0 Å². The molecule has 1 aliphatic rings. The van der Waals surface area contributed by atoms with E-state index in [0.717, 1.165) is 23.2 Å². The fourth-order valence-electron chi connectivity index (χ4n) is 4.47. The molecule has 0 unspecified atom stereocenters. The summed E-state index contributed by atoms with van der Waals surface area (Å²) in [5.74, 6) is 1.79. The SMILES string of the molecule is COc1ccc(-c2[nH]c3ccc(C4=CCN(C(=O)CCl)CC4)cc3c2C(C)C)cc1OC. The van der Waals surface area contributed by atoms with Crippen LogP contribution in [0, 0.1) is 0 Å². The number of carbonyl (C=O) groups is 1. The second-order valence-corrected chi connectivity index (χ2v) is 8.62. The largest absolute Gasteiger partial charge is 0.493 e. The van der Waals surface area contributed by atoms with Crippen molar-refractivity contribution in [3.05, 3.63) is 53.6 Å². The van der Waals surface area contributed by atoms with Crippen LogP contribution < -0.4 is 9.47 Å². The number of rotatable bonds is 6. The maximum absolute atomic E-state index is 11.9. The van der Waals surface area contributed by atoms with Crippen LogP contribution in [0.2, 0.25) is 0 Å². The number of benzene rings is 2. The van der Waals surface area contributed by atoms with E-state index in [2.05, 4.69) is 49.2 Å². The van der Waals surface area contributed by atoms with Crippen molar-refractivity contribution in [2.75, 3.05) is 33.2 Å². The standard InChI is InChI=1S/C26H29ClN2O3/c1-16(2)25-20-13-18(17-9-11-29(12-10-17)24(30)15-27)5-7-21(20)28-26(25)19-6-8-22(31-3)23(14-19)32-4/h5-9,13-14,16,28H,10-12,15H2,1-4H3. The minimum absolute atomic E-state index is 0.00953. The summed E-state index contributed by atoms with van der Waals surface area (Å²) in [4.78, 5) is 17.3. The summed E-state index contributed by atoms with van der Waals surface area (Å²) in [6.07, 6.45) is 2.98. The van der Waals surface area contributed by atoms with Gasteiger partial charge in [0.2, 0.25) is 5.91 Å². The van der Waals surface area contributed by atoms with Gasteiger partial charge >= 0.3 is 0 Å². The average Bonchev–Trinajstić information content (AvgIpc) is 3.22. The number of fused-ring (bicyclic) bond motifs is 1. The maximum atomic E-state index is 11.9. The predicted octanol–water partition coefficient (Wildman–Crippen LogP) is 5.83. The Bertz CT molecular complexity index is 1180. The Morgan fingerprint density at radius 2 is 1.84 bits per heavy atom. The molecule has 0 spiro atoms. The van der Waals surface area contributed by atoms with Crippen LogP contribution in [0.1, 0.15) is 37.3 Å². The number of halogens is 1. The molecular formula is C26H29ClN2O3. The van der Waals surface area contributed by atoms with Crippen molar-refractivity contribution < 1.29 is 14.3 Å². The number of nitrogens with zero attached hydrogens (tertiary/aromatic N) is 1. The molecule has 2 heterocycles. The van der Waals surface area contributed by atoms with Crippen LogP contribution in [0.3, 0.4) is 0 Å². The summed E-state index contributed by atoms with van der Waals surface area (Å²) in [6, 6.07) is 12.6. The summed E-state index contributed by atoms with van der Waals surface area (Å²) in [5, 5.41) is 1.22. The van der Waals surface area contributed by atoms with E-state index < -0.39 is 0 Å². The highest BCUT2D eigenvalue weighted by Gasteiger charge is 2.20. The van der Waals surface area contributed by atoms with Gasteiger partial charge < -0.3 is 19.4 Å². The molecule has 1 amide bonds. The van der Waals surface area contributed by atoms with Crippen LogP contribution in [0.5, 0.6) is 11.5 Å². The van der Waals surface area contributed by atoms with Crippen molar-refractivity contribution in [1.82, 2.24) is 9.88 Å². The van der Waals surface area contributed by atoms with Gasteiger partial charge in [0.05, 0.1) is 19.9 Å². The summed E-state index contributed by atoms with van der Waals surface area (Å²) < 4.78 is 10.9. The fourth-order valence-corrected chi connectivity index (χ4v) is 4.64. The molecule has 1 aromatic heterocycles. The van der Waals surface area contributed by atoms with Gasteiger partial charge in [0, 0.05) is 29.6 Å². The Hall–Kier alpha value is -2.92. The van der Waals surface area contributed by atoms with Gasteiger partial charge in [-0.2, -0.15) is 0 Å². The summed E-state index contributed by atoms with van der Waals surface area (Å²) >= 11 is 5.71. The number of hydrogen-bond donors (Lipinski definition) is 1. The number of carbonyl (C=O) groups excluding carboxylic acids is 1. The number of methoxy groups -OCH3 is 2. The molecule has 0 saturated carbocycles. The first kappa shape index (κ1) is 22.3. The molecule has 3 aromatic rings. The number of aromatic nitrogens is 1. The minimum Gasteiger partial charge on any atom is -0.493 e. The lowest BCUT2D eigenvalue weighted by atomic mass is 9.93. The summed E-state index contributed by atoms with van der Waals surface area (Å²) in [5.41, 5.74) is 7.03. The van der Waals surface area contributed by atoms with E-state index in [1.54, 1.807) is 19.1 Å². The summed E-state index contributed by atoms with van der Waals surface area (Å²) in [7, 11) is 3.30. The van der Waals surface area contributed by atoms with E-state index in [0.29, 0.717) is 30.5 Å². The zero-order valence-corrected chi connectivity index (χ0v) is 19.8. The lowest BCUT2D eigenvalue weighted by Crippen LogP contribution is -2.35. The number of alkyl halides is 1. The first-order valence-corrected chi connectivity index (χ1v) is 11.4. The van der Waals surface area contributed by atoms with Gasteiger partial charge in [0.15, 0.2) is 11.5 Å². The van der Waals surface area contributed by atoms with Crippen molar-refractivity contribution >= 4 is 34.0 Å². The predicted molar refractivity (Wildman–Crippen MR) is 131 cm³/mol. The van der Waals surface area contributed by atoms with Crippen LogP contribution in [0.15, 0.2) is 42.5 Å². The molecule has 5 nitrogen and oxygen atoms in total. The second kappa shape index (κ2) is 9.29. The monoisotopic (exact) mass is 452 g/mol. The lowest BCUT2D eigenvalue weighted by molar-refractivity contribution is -0.128. The van der Waals surface area contributed by atoms with Gasteiger partial charge in [-0.05, 0) is 59.4 Å². The van der Waals surface area contributed by atoms with E-state index in [9.17, 15) is 4.79 Å². The zero-order chi connectivity index (χ0) is 22.8. The summed E-state index contributed by atoms with van der Waals surface area (Å²) in [6.45, 7) is 5.75. The molecule has 1 N–H and O–H groups in total. The third-order valence-corrected chi connectivity index (χ3v) is 6.36. The van der Waals surface area contributed by atoms with Crippen molar-refractivity contribution in [2.45, 2.75) is 26.2 Å². The Morgan fingerprint density at radius 1 is 1.09 bits per heavy atom. The number of nitrogens with one attached hydrogen (secondary N) is 1. The lowest BCUT2D eigenvalue weighted by Gasteiger charge is -2.26. The Labute approximate surface area is 194 Å². The van der Waals surface area contributed by atoms with Gasteiger partial charge in [-0.15, -0.1) is 11.6 Å². The second-order valence-electron chi connectivity index (χ2n) is 8.35. The molecule has 6 heteroatoms. The molecule has 1 aliphatic heterocycles. The van der Waals surface area contributed by atoms with Crippen LogP contribution in [-0.4, -0.2) is 49.0 Å².